The van der Waals surface area contributed by atoms with Crippen molar-refractivity contribution < 1.29 is 19.4 Å². The van der Waals surface area contributed by atoms with Gasteiger partial charge in [0, 0.05) is 55.4 Å². The molecule has 3 rings (SSSR count). The van der Waals surface area contributed by atoms with Crippen LogP contribution in [-0.4, -0.2) is 54.1 Å². The van der Waals surface area contributed by atoms with Gasteiger partial charge in [0.15, 0.2) is 0 Å². The Labute approximate surface area is 203 Å². The Morgan fingerprint density at radius 1 is 1.32 bits per heavy atom. The maximum absolute atomic E-state index is 12.6. The molecule has 0 aromatic carbocycles. The number of hydrogen-bond donors (Lipinski definition) is 5. The van der Waals surface area contributed by atoms with E-state index in [1.54, 1.807) is 12.3 Å². The molecular formula is C23H31ClN6O4. The highest BCUT2D eigenvalue weighted by atomic mass is 35.5. The number of aromatic nitrogens is 1. The van der Waals surface area contributed by atoms with Crippen LogP contribution in [0.15, 0.2) is 35.7 Å². The predicted molar refractivity (Wildman–Crippen MR) is 132 cm³/mol. The summed E-state index contributed by atoms with van der Waals surface area (Å²) in [5, 5.41) is 17.6. The number of pyridine rings is 1. The Hall–Kier alpha value is -3.11. The van der Waals surface area contributed by atoms with Crippen LogP contribution in [0.2, 0.25) is 5.02 Å². The van der Waals surface area contributed by atoms with Crippen LogP contribution in [0, 0.1) is 11.8 Å². The Kier molecular flexibility index (Phi) is 9.29. The van der Waals surface area contributed by atoms with Crippen LogP contribution >= 0.6 is 11.6 Å². The van der Waals surface area contributed by atoms with Gasteiger partial charge in [0.1, 0.15) is 5.82 Å². The molecule has 2 atom stereocenters. The molecule has 10 nitrogen and oxygen atoms in total. The summed E-state index contributed by atoms with van der Waals surface area (Å²) in [6.45, 7) is 6.36. The molecule has 0 bridgehead atoms. The molecule has 2 amide bonds. The van der Waals surface area contributed by atoms with E-state index in [4.69, 9.17) is 27.2 Å². The van der Waals surface area contributed by atoms with Crippen LogP contribution in [0.4, 0.5) is 10.6 Å². The summed E-state index contributed by atoms with van der Waals surface area (Å²) in [5.74, 6) is 0.354. The number of carboxylic acid groups (broad SMARTS) is 1. The number of carbonyl (C=O) groups excluding carboxylic acids is 1. The lowest BCUT2D eigenvalue weighted by atomic mass is 10.0. The first kappa shape index (κ1) is 25.5. The third-order valence-electron chi connectivity index (χ3n) is 5.95. The average Bonchev–Trinajstić information content (AvgIpc) is 3.27. The number of carbonyl (C=O) groups is 2. The van der Waals surface area contributed by atoms with Gasteiger partial charge in [-0.2, -0.15) is 0 Å². The molecule has 2 fully saturated rings. The number of nitrogens with one attached hydrogen (secondary N) is 3. The van der Waals surface area contributed by atoms with Crippen LogP contribution in [-0.2, 0) is 9.53 Å². The number of aliphatic imine (C=N–C) groups is 1. The number of hydrogen-bond acceptors (Lipinski definition) is 7. The van der Waals surface area contributed by atoms with Crippen LogP contribution in [0.5, 0.6) is 0 Å². The minimum absolute atomic E-state index is 0.220. The lowest BCUT2D eigenvalue weighted by Crippen LogP contribution is -2.32. The number of nitrogens with two attached hydrogens (primary N) is 1. The van der Waals surface area contributed by atoms with Gasteiger partial charge >= 0.3 is 6.09 Å². The molecule has 184 valence electrons. The minimum Gasteiger partial charge on any atom is -0.465 e. The minimum atomic E-state index is -1.08. The first-order chi connectivity index (χ1) is 16.3. The van der Waals surface area contributed by atoms with Gasteiger partial charge in [-0.05, 0) is 44.1 Å². The zero-order chi connectivity index (χ0) is 24.5. The second-order valence-electron chi connectivity index (χ2n) is 8.52. The van der Waals surface area contributed by atoms with Gasteiger partial charge in [0.05, 0.1) is 16.9 Å². The maximum atomic E-state index is 12.6. The summed E-state index contributed by atoms with van der Waals surface area (Å²) >= 11 is 6.25. The van der Waals surface area contributed by atoms with Crippen molar-refractivity contribution >= 4 is 41.3 Å². The number of rotatable bonds is 9. The van der Waals surface area contributed by atoms with Crippen molar-refractivity contribution in [1.82, 2.24) is 15.6 Å². The van der Waals surface area contributed by atoms with Crippen molar-refractivity contribution in [3.63, 3.8) is 0 Å². The molecule has 1 aromatic heterocycles. The molecule has 1 aliphatic heterocycles. The second-order valence-corrected chi connectivity index (χ2v) is 8.93. The quantitative estimate of drug-likeness (QED) is 0.334. The monoisotopic (exact) mass is 490 g/mol. The third kappa shape index (κ3) is 7.74. The van der Waals surface area contributed by atoms with E-state index < -0.39 is 6.09 Å². The van der Waals surface area contributed by atoms with E-state index >= 15 is 0 Å². The average molecular weight is 491 g/mol. The molecule has 11 heteroatoms. The molecule has 2 heterocycles. The molecular weight excluding hydrogens is 460 g/mol. The summed E-state index contributed by atoms with van der Waals surface area (Å²) < 4.78 is 5.36. The molecule has 1 saturated heterocycles. The number of halogens is 1. The van der Waals surface area contributed by atoms with E-state index in [0.717, 1.165) is 32.6 Å². The molecule has 1 aromatic rings. The highest BCUT2D eigenvalue weighted by Gasteiger charge is 2.31. The lowest BCUT2D eigenvalue weighted by molar-refractivity contribution is -0.119. The van der Waals surface area contributed by atoms with Gasteiger partial charge in [-0.3, -0.25) is 9.79 Å². The topological polar surface area (TPSA) is 151 Å². The lowest BCUT2D eigenvalue weighted by Gasteiger charge is -2.22. The summed E-state index contributed by atoms with van der Waals surface area (Å²) in [7, 11) is 0. The van der Waals surface area contributed by atoms with Gasteiger partial charge in [-0.1, -0.05) is 18.2 Å². The van der Waals surface area contributed by atoms with Gasteiger partial charge in [-0.25, -0.2) is 9.78 Å². The Balaban J connectivity index is 1.54. The molecule has 2 aliphatic rings. The van der Waals surface area contributed by atoms with Gasteiger partial charge in [0.2, 0.25) is 5.91 Å². The molecule has 1 saturated carbocycles. The van der Waals surface area contributed by atoms with Crippen molar-refractivity contribution in [2.75, 3.05) is 25.1 Å². The zero-order valence-corrected chi connectivity index (χ0v) is 19.7. The predicted octanol–water partition coefficient (Wildman–Crippen LogP) is 2.97. The third-order valence-corrected chi connectivity index (χ3v) is 6.25. The van der Waals surface area contributed by atoms with Crippen LogP contribution < -0.4 is 21.7 Å². The van der Waals surface area contributed by atoms with Crippen molar-refractivity contribution in [2.24, 2.45) is 22.6 Å². The fourth-order valence-corrected chi connectivity index (χ4v) is 4.24. The summed E-state index contributed by atoms with van der Waals surface area (Å²) in [4.78, 5) is 31.7. The Morgan fingerprint density at radius 2 is 2.09 bits per heavy atom. The largest absolute Gasteiger partial charge is 0.465 e. The van der Waals surface area contributed by atoms with Crippen LogP contribution in [0.3, 0.4) is 0 Å². The highest BCUT2D eigenvalue weighted by molar-refractivity contribution is 6.32. The number of amides is 2. The van der Waals surface area contributed by atoms with E-state index in [1.165, 1.54) is 12.4 Å². The van der Waals surface area contributed by atoms with Gasteiger partial charge in [0.25, 0.3) is 0 Å². The number of allylic oxidation sites excluding steroid dienone is 1. The van der Waals surface area contributed by atoms with Crippen molar-refractivity contribution in [3.8, 4) is 0 Å². The fraction of sp³-hybridized carbons (Fsp3) is 0.478. The van der Waals surface area contributed by atoms with Gasteiger partial charge in [-0.15, -0.1) is 0 Å². The SMILES string of the molecule is C=C(/C=N\C=C(/N)c1cc(NC(=O)[C@@H]2CC[C@H](NC(=O)O)C2)ncc1Cl)NCC1CCOCC1. The maximum Gasteiger partial charge on any atom is 0.404 e. The molecule has 6 N–H and O–H groups in total. The van der Waals surface area contributed by atoms with Crippen molar-refractivity contribution in [3.05, 3.63) is 41.3 Å². The Bertz CT molecular complexity index is 961. The van der Waals surface area contributed by atoms with E-state index in [0.29, 0.717) is 53.0 Å². The normalized spacial score (nSPS) is 21.4. The molecule has 0 spiro atoms. The zero-order valence-electron chi connectivity index (χ0n) is 18.9. The summed E-state index contributed by atoms with van der Waals surface area (Å²) in [5.41, 5.74) is 7.63. The first-order valence-corrected chi connectivity index (χ1v) is 11.6. The molecule has 0 unspecified atom stereocenters. The van der Waals surface area contributed by atoms with E-state index in [9.17, 15) is 9.59 Å². The van der Waals surface area contributed by atoms with Gasteiger partial charge < -0.3 is 31.5 Å². The van der Waals surface area contributed by atoms with E-state index in [-0.39, 0.29) is 17.9 Å². The summed E-state index contributed by atoms with van der Waals surface area (Å²) in [6, 6.07) is 1.36. The highest BCUT2D eigenvalue weighted by Crippen LogP contribution is 2.28. The van der Waals surface area contributed by atoms with E-state index in [1.807, 2.05) is 0 Å². The second kappa shape index (κ2) is 12.4. The number of ether oxygens (including phenoxy) is 1. The van der Waals surface area contributed by atoms with Crippen molar-refractivity contribution in [2.45, 2.75) is 38.1 Å². The molecule has 0 radical (unpaired) electrons. The number of nitrogens with zero attached hydrogens (tertiary/aromatic N) is 2. The fourth-order valence-electron chi connectivity index (χ4n) is 4.03. The van der Waals surface area contributed by atoms with Crippen LogP contribution in [0.25, 0.3) is 5.70 Å². The Morgan fingerprint density at radius 3 is 2.82 bits per heavy atom. The first-order valence-electron chi connectivity index (χ1n) is 11.3. The van der Waals surface area contributed by atoms with E-state index in [2.05, 4.69) is 32.5 Å². The molecule has 34 heavy (non-hydrogen) atoms. The van der Waals surface area contributed by atoms with Crippen LogP contribution in [0.1, 0.15) is 37.7 Å². The smallest absolute Gasteiger partial charge is 0.404 e. The molecule has 1 aliphatic carbocycles. The summed E-state index contributed by atoms with van der Waals surface area (Å²) in [6.07, 6.45) is 7.11. The standard InChI is InChI=1S/C23H31ClN6O4/c1-14(27-11-15-4-6-34-7-5-15)10-26-13-20(25)18-9-21(28-12-19(18)24)30-22(31)16-2-3-17(8-16)29-23(32)33/h9-10,12-13,15-17,27,29H,1-8,11,25H2,(H,32,33)(H,28,30,31)/b20-13-,26-10-/t16-,17+/m1/s1. The van der Waals surface area contributed by atoms with Crippen molar-refractivity contribution in [1.29, 1.82) is 0 Å². The number of anilines is 1.